The maximum absolute atomic E-state index is 8.83. The van der Waals surface area contributed by atoms with Crippen LogP contribution in [0.15, 0.2) is 18.2 Å². The van der Waals surface area contributed by atoms with E-state index in [-0.39, 0.29) is 0 Å². The fourth-order valence-electron chi connectivity index (χ4n) is 1.60. The minimum atomic E-state index is 0.637. The van der Waals surface area contributed by atoms with Crippen LogP contribution in [-0.2, 0) is 7.05 Å². The monoisotopic (exact) mass is 215 g/mol. The van der Waals surface area contributed by atoms with Gasteiger partial charge in [0.2, 0.25) is 5.88 Å². The zero-order chi connectivity index (χ0) is 11.5. The zero-order valence-corrected chi connectivity index (χ0v) is 9.40. The predicted octanol–water partition coefficient (Wildman–Crippen LogP) is 2.23. The van der Waals surface area contributed by atoms with Crippen LogP contribution in [0.5, 0.6) is 5.88 Å². The molecule has 0 bridgehead atoms. The second kappa shape index (κ2) is 4.23. The number of nitrogens with zero attached hydrogens (tertiary/aromatic N) is 3. The van der Waals surface area contributed by atoms with Crippen molar-refractivity contribution in [3.63, 3.8) is 0 Å². The van der Waals surface area contributed by atoms with Crippen LogP contribution in [0.4, 0.5) is 0 Å². The van der Waals surface area contributed by atoms with Gasteiger partial charge in [-0.1, -0.05) is 6.92 Å². The molecule has 2 aromatic rings. The Kier molecular flexibility index (Phi) is 2.78. The van der Waals surface area contributed by atoms with Gasteiger partial charge in [0.05, 0.1) is 29.1 Å². The summed E-state index contributed by atoms with van der Waals surface area (Å²) in [5.41, 5.74) is 1.56. The molecule has 0 saturated heterocycles. The maximum Gasteiger partial charge on any atom is 0.240 e. The van der Waals surface area contributed by atoms with E-state index in [2.05, 4.69) is 18.1 Å². The van der Waals surface area contributed by atoms with Crippen LogP contribution in [0.25, 0.3) is 10.9 Å². The lowest BCUT2D eigenvalue weighted by Crippen LogP contribution is -1.96. The van der Waals surface area contributed by atoms with Crippen molar-refractivity contribution in [3.8, 4) is 11.9 Å². The molecule has 0 aliphatic carbocycles. The van der Waals surface area contributed by atoms with Gasteiger partial charge < -0.3 is 4.74 Å². The molecule has 82 valence electrons. The third-order valence-electron chi connectivity index (χ3n) is 2.39. The van der Waals surface area contributed by atoms with Gasteiger partial charge in [-0.2, -0.15) is 5.26 Å². The van der Waals surface area contributed by atoms with E-state index in [1.807, 2.05) is 19.2 Å². The summed E-state index contributed by atoms with van der Waals surface area (Å²) in [6.45, 7) is 2.71. The maximum atomic E-state index is 8.83. The SMILES string of the molecule is CCCOc1nn(C)c2cc(C#N)ccc12. The summed E-state index contributed by atoms with van der Waals surface area (Å²) in [6.07, 6.45) is 0.953. The van der Waals surface area contributed by atoms with E-state index in [9.17, 15) is 0 Å². The Bertz CT molecular complexity index is 551. The second-order valence-corrected chi connectivity index (χ2v) is 3.62. The molecular formula is C12H13N3O. The highest BCUT2D eigenvalue weighted by molar-refractivity contribution is 5.85. The Labute approximate surface area is 94.1 Å². The molecule has 16 heavy (non-hydrogen) atoms. The lowest BCUT2D eigenvalue weighted by Gasteiger charge is -1.99. The minimum absolute atomic E-state index is 0.637. The van der Waals surface area contributed by atoms with Crippen LogP contribution in [0.3, 0.4) is 0 Å². The van der Waals surface area contributed by atoms with Crippen molar-refractivity contribution in [2.75, 3.05) is 6.61 Å². The molecule has 1 aromatic carbocycles. The van der Waals surface area contributed by atoms with Crippen LogP contribution in [0, 0.1) is 11.3 Å². The highest BCUT2D eigenvalue weighted by Crippen LogP contribution is 2.25. The highest BCUT2D eigenvalue weighted by Gasteiger charge is 2.09. The van der Waals surface area contributed by atoms with E-state index in [1.165, 1.54) is 0 Å². The van der Waals surface area contributed by atoms with Crippen molar-refractivity contribution in [3.05, 3.63) is 23.8 Å². The first kappa shape index (κ1) is 10.5. The normalized spacial score (nSPS) is 10.3. The van der Waals surface area contributed by atoms with Crippen molar-refractivity contribution in [2.24, 2.45) is 7.05 Å². The van der Waals surface area contributed by atoms with Gasteiger partial charge >= 0.3 is 0 Å². The molecule has 0 amide bonds. The Hall–Kier alpha value is -2.02. The zero-order valence-electron chi connectivity index (χ0n) is 9.40. The van der Waals surface area contributed by atoms with E-state index < -0.39 is 0 Å². The Balaban J connectivity index is 2.50. The summed E-state index contributed by atoms with van der Waals surface area (Å²) >= 11 is 0. The first-order chi connectivity index (χ1) is 7.76. The largest absolute Gasteiger partial charge is 0.476 e. The number of nitriles is 1. The molecular weight excluding hydrogens is 202 g/mol. The van der Waals surface area contributed by atoms with Crippen molar-refractivity contribution in [1.82, 2.24) is 9.78 Å². The number of hydrogen-bond donors (Lipinski definition) is 0. The number of rotatable bonds is 3. The molecule has 0 saturated carbocycles. The molecule has 0 unspecified atom stereocenters. The average molecular weight is 215 g/mol. The fraction of sp³-hybridized carbons (Fsp3) is 0.333. The van der Waals surface area contributed by atoms with Gasteiger partial charge in [-0.25, -0.2) is 0 Å². The Morgan fingerprint density at radius 2 is 2.31 bits per heavy atom. The number of fused-ring (bicyclic) bond motifs is 1. The fourth-order valence-corrected chi connectivity index (χ4v) is 1.60. The number of hydrogen-bond acceptors (Lipinski definition) is 3. The summed E-state index contributed by atoms with van der Waals surface area (Å²) in [4.78, 5) is 0. The third-order valence-corrected chi connectivity index (χ3v) is 2.39. The number of benzene rings is 1. The van der Waals surface area contributed by atoms with Crippen molar-refractivity contribution in [2.45, 2.75) is 13.3 Å². The Morgan fingerprint density at radius 3 is 3.00 bits per heavy atom. The quantitative estimate of drug-likeness (QED) is 0.788. The van der Waals surface area contributed by atoms with Gasteiger partial charge in [0.25, 0.3) is 0 Å². The van der Waals surface area contributed by atoms with Gasteiger partial charge in [0.15, 0.2) is 0 Å². The first-order valence-electron chi connectivity index (χ1n) is 5.26. The van der Waals surface area contributed by atoms with Crippen molar-refractivity contribution in [1.29, 1.82) is 5.26 Å². The van der Waals surface area contributed by atoms with Crippen LogP contribution in [0.2, 0.25) is 0 Å². The smallest absolute Gasteiger partial charge is 0.240 e. The van der Waals surface area contributed by atoms with Gasteiger partial charge in [-0.15, -0.1) is 5.10 Å². The summed E-state index contributed by atoms with van der Waals surface area (Å²) in [5.74, 6) is 0.642. The third kappa shape index (κ3) is 1.72. The van der Waals surface area contributed by atoms with E-state index in [0.717, 1.165) is 17.3 Å². The molecule has 4 heteroatoms. The van der Waals surface area contributed by atoms with E-state index in [0.29, 0.717) is 18.1 Å². The molecule has 0 radical (unpaired) electrons. The summed E-state index contributed by atoms with van der Waals surface area (Å²) in [5, 5.41) is 14.1. The standard InChI is InChI=1S/C12H13N3O/c1-3-6-16-12-10-5-4-9(8-13)7-11(10)15(2)14-12/h4-5,7H,3,6H2,1-2H3. The van der Waals surface area contributed by atoms with Crippen LogP contribution < -0.4 is 4.74 Å². The molecule has 2 rings (SSSR count). The van der Waals surface area contributed by atoms with Gasteiger partial charge in [0, 0.05) is 7.05 Å². The lowest BCUT2D eigenvalue weighted by molar-refractivity contribution is 0.305. The first-order valence-corrected chi connectivity index (χ1v) is 5.26. The minimum Gasteiger partial charge on any atom is -0.476 e. The molecule has 0 fully saturated rings. The molecule has 0 atom stereocenters. The molecule has 0 aliphatic heterocycles. The molecule has 1 aromatic heterocycles. The highest BCUT2D eigenvalue weighted by atomic mass is 16.5. The summed E-state index contributed by atoms with van der Waals surface area (Å²) in [7, 11) is 1.85. The van der Waals surface area contributed by atoms with Crippen molar-refractivity contribution >= 4 is 10.9 Å². The molecule has 0 N–H and O–H groups in total. The van der Waals surface area contributed by atoms with Crippen molar-refractivity contribution < 1.29 is 4.74 Å². The van der Waals surface area contributed by atoms with E-state index in [1.54, 1.807) is 10.7 Å². The Morgan fingerprint density at radius 1 is 1.50 bits per heavy atom. The van der Waals surface area contributed by atoms with Gasteiger partial charge in [0.1, 0.15) is 0 Å². The van der Waals surface area contributed by atoms with Crippen LogP contribution in [0.1, 0.15) is 18.9 Å². The number of aromatic nitrogens is 2. The summed E-state index contributed by atoms with van der Waals surface area (Å²) < 4.78 is 7.29. The second-order valence-electron chi connectivity index (χ2n) is 3.62. The molecule has 0 aliphatic rings. The van der Waals surface area contributed by atoms with E-state index in [4.69, 9.17) is 10.00 Å². The average Bonchev–Trinajstić information content (AvgIpc) is 2.63. The van der Waals surface area contributed by atoms with Gasteiger partial charge in [-0.05, 0) is 24.6 Å². The number of aryl methyl sites for hydroxylation is 1. The predicted molar refractivity (Wildman–Crippen MR) is 61.2 cm³/mol. The topological polar surface area (TPSA) is 50.8 Å². The molecule has 1 heterocycles. The molecule has 4 nitrogen and oxygen atoms in total. The summed E-state index contributed by atoms with van der Waals surface area (Å²) in [6, 6.07) is 7.60. The van der Waals surface area contributed by atoms with Crippen LogP contribution >= 0.6 is 0 Å². The van der Waals surface area contributed by atoms with Crippen LogP contribution in [-0.4, -0.2) is 16.4 Å². The van der Waals surface area contributed by atoms with Gasteiger partial charge in [-0.3, -0.25) is 4.68 Å². The number of ether oxygens (including phenoxy) is 1. The van der Waals surface area contributed by atoms with E-state index >= 15 is 0 Å². The lowest BCUT2D eigenvalue weighted by atomic mass is 10.2. The molecule has 0 spiro atoms.